The van der Waals surface area contributed by atoms with E-state index < -0.39 is 0 Å². The number of hydrogen-bond acceptors (Lipinski definition) is 3. The highest BCUT2D eigenvalue weighted by atomic mass is 32.1. The van der Waals surface area contributed by atoms with Crippen LogP contribution in [0.15, 0.2) is 52.8 Å². The van der Waals surface area contributed by atoms with Crippen molar-refractivity contribution in [3.05, 3.63) is 69.6 Å². The Balaban J connectivity index is 1.66. The van der Waals surface area contributed by atoms with E-state index in [1.807, 2.05) is 36.8 Å². The molecule has 3 nitrogen and oxygen atoms in total. The molecule has 0 saturated heterocycles. The van der Waals surface area contributed by atoms with Gasteiger partial charge in [0, 0.05) is 31.9 Å². The number of aromatic nitrogens is 1. The molecular weight excluding hydrogens is 299 g/mol. The van der Waals surface area contributed by atoms with Crippen molar-refractivity contribution in [2.75, 3.05) is 13.6 Å². The van der Waals surface area contributed by atoms with Gasteiger partial charge in [-0.2, -0.15) is 0 Å². The Morgan fingerprint density at radius 2 is 1.95 bits per heavy atom. The quantitative estimate of drug-likeness (QED) is 0.721. The SMILES string of the molecule is CN(CCn1ccc(=O)c2sccc21)Cc1ccc(F)cc1. The number of nitrogens with zero attached hydrogens (tertiary/aromatic N) is 2. The average Bonchev–Trinajstić information content (AvgIpc) is 3.00. The first-order valence-corrected chi connectivity index (χ1v) is 8.01. The maximum atomic E-state index is 12.9. The number of likely N-dealkylation sites (N-methyl/N-ethyl adjacent to an activating group) is 1. The second-order valence-electron chi connectivity index (χ2n) is 5.37. The minimum Gasteiger partial charge on any atom is -0.345 e. The lowest BCUT2D eigenvalue weighted by atomic mass is 10.2. The Labute approximate surface area is 132 Å². The fourth-order valence-corrected chi connectivity index (χ4v) is 3.30. The van der Waals surface area contributed by atoms with Gasteiger partial charge in [0.2, 0.25) is 0 Å². The van der Waals surface area contributed by atoms with Gasteiger partial charge in [-0.3, -0.25) is 4.79 Å². The molecule has 0 radical (unpaired) electrons. The molecule has 5 heteroatoms. The van der Waals surface area contributed by atoms with Gasteiger partial charge in [0.1, 0.15) is 5.82 Å². The fourth-order valence-electron chi connectivity index (χ4n) is 2.48. The van der Waals surface area contributed by atoms with Crippen molar-refractivity contribution < 1.29 is 4.39 Å². The zero-order chi connectivity index (χ0) is 15.5. The third kappa shape index (κ3) is 3.26. The summed E-state index contributed by atoms with van der Waals surface area (Å²) >= 11 is 1.48. The van der Waals surface area contributed by atoms with Crippen LogP contribution in [0, 0.1) is 5.82 Å². The molecule has 2 heterocycles. The lowest BCUT2D eigenvalue weighted by Gasteiger charge is -2.18. The Kier molecular flexibility index (Phi) is 4.36. The van der Waals surface area contributed by atoms with Crippen LogP contribution in [0.5, 0.6) is 0 Å². The maximum absolute atomic E-state index is 12.9. The van der Waals surface area contributed by atoms with E-state index in [4.69, 9.17) is 0 Å². The first-order valence-electron chi connectivity index (χ1n) is 7.13. The van der Waals surface area contributed by atoms with Gasteiger partial charge >= 0.3 is 0 Å². The lowest BCUT2D eigenvalue weighted by Crippen LogP contribution is -2.23. The topological polar surface area (TPSA) is 25.2 Å². The molecule has 114 valence electrons. The Hall–Kier alpha value is -1.98. The van der Waals surface area contributed by atoms with Crippen molar-refractivity contribution in [3.8, 4) is 0 Å². The maximum Gasteiger partial charge on any atom is 0.199 e. The second kappa shape index (κ2) is 6.42. The van der Waals surface area contributed by atoms with E-state index in [2.05, 4.69) is 9.47 Å². The number of benzene rings is 1. The molecule has 22 heavy (non-hydrogen) atoms. The number of pyridine rings is 1. The number of thiophene rings is 1. The van der Waals surface area contributed by atoms with Gasteiger partial charge in [-0.15, -0.1) is 11.3 Å². The van der Waals surface area contributed by atoms with Crippen molar-refractivity contribution in [1.29, 1.82) is 0 Å². The van der Waals surface area contributed by atoms with Gasteiger partial charge in [0.25, 0.3) is 0 Å². The largest absolute Gasteiger partial charge is 0.345 e. The standard InChI is InChI=1S/C17H17FN2OS/c1-19(12-13-2-4-14(18)5-3-13)9-10-20-8-6-16(21)17-15(20)7-11-22-17/h2-8,11H,9-10,12H2,1H3. The zero-order valence-corrected chi connectivity index (χ0v) is 13.1. The summed E-state index contributed by atoms with van der Waals surface area (Å²) in [4.78, 5) is 13.9. The zero-order valence-electron chi connectivity index (χ0n) is 12.3. The van der Waals surface area contributed by atoms with E-state index in [0.29, 0.717) is 0 Å². The molecule has 0 saturated carbocycles. The van der Waals surface area contributed by atoms with Crippen LogP contribution in [0.4, 0.5) is 4.39 Å². The average molecular weight is 316 g/mol. The summed E-state index contributed by atoms with van der Waals surface area (Å²) in [6.07, 6.45) is 1.85. The smallest absolute Gasteiger partial charge is 0.199 e. The molecule has 0 spiro atoms. The van der Waals surface area contributed by atoms with Crippen molar-refractivity contribution in [1.82, 2.24) is 9.47 Å². The second-order valence-corrected chi connectivity index (χ2v) is 6.29. The highest BCUT2D eigenvalue weighted by Crippen LogP contribution is 2.16. The molecule has 0 unspecified atom stereocenters. The summed E-state index contributed by atoms with van der Waals surface area (Å²) < 4.78 is 15.8. The summed E-state index contributed by atoms with van der Waals surface area (Å²) in [5.74, 6) is -0.209. The summed E-state index contributed by atoms with van der Waals surface area (Å²) in [5, 5.41) is 1.95. The monoisotopic (exact) mass is 316 g/mol. The molecule has 0 atom stereocenters. The van der Waals surface area contributed by atoms with E-state index in [1.165, 1.54) is 23.5 Å². The molecule has 0 bridgehead atoms. The number of rotatable bonds is 5. The highest BCUT2D eigenvalue weighted by Gasteiger charge is 2.06. The van der Waals surface area contributed by atoms with Crippen LogP contribution >= 0.6 is 11.3 Å². The van der Waals surface area contributed by atoms with Crippen LogP contribution in [0.25, 0.3) is 10.2 Å². The molecule has 0 aliphatic rings. The van der Waals surface area contributed by atoms with Gasteiger partial charge in [-0.05, 0) is 36.2 Å². The minimum atomic E-state index is -0.209. The van der Waals surface area contributed by atoms with Crippen LogP contribution in [-0.4, -0.2) is 23.1 Å². The highest BCUT2D eigenvalue weighted by molar-refractivity contribution is 7.17. The third-order valence-electron chi connectivity index (χ3n) is 3.67. The van der Waals surface area contributed by atoms with E-state index in [1.54, 1.807) is 6.07 Å². The van der Waals surface area contributed by atoms with Crippen molar-refractivity contribution in [2.45, 2.75) is 13.1 Å². The summed E-state index contributed by atoms with van der Waals surface area (Å²) in [6, 6.07) is 10.2. The molecule has 0 fully saturated rings. The molecule has 2 aromatic heterocycles. The lowest BCUT2D eigenvalue weighted by molar-refractivity contribution is 0.313. The first kappa shape index (κ1) is 14.9. The molecular formula is C17H17FN2OS. The summed E-state index contributed by atoms with van der Waals surface area (Å²) in [7, 11) is 2.04. The molecule has 0 amide bonds. The van der Waals surface area contributed by atoms with Gasteiger partial charge in [0.15, 0.2) is 5.43 Å². The van der Waals surface area contributed by atoms with Crippen LogP contribution in [0.3, 0.4) is 0 Å². The van der Waals surface area contributed by atoms with Crippen molar-refractivity contribution in [2.24, 2.45) is 0 Å². The fraction of sp³-hybridized carbons (Fsp3) is 0.235. The van der Waals surface area contributed by atoms with Crippen LogP contribution in [0.1, 0.15) is 5.56 Å². The predicted molar refractivity (Wildman–Crippen MR) is 88.8 cm³/mol. The summed E-state index contributed by atoms with van der Waals surface area (Å²) in [5.41, 5.74) is 2.16. The van der Waals surface area contributed by atoms with Crippen molar-refractivity contribution >= 4 is 21.6 Å². The number of fused-ring (bicyclic) bond motifs is 1. The molecule has 0 aliphatic carbocycles. The van der Waals surface area contributed by atoms with Crippen LogP contribution < -0.4 is 5.43 Å². The van der Waals surface area contributed by atoms with Crippen molar-refractivity contribution in [3.63, 3.8) is 0 Å². The Morgan fingerprint density at radius 3 is 2.73 bits per heavy atom. The van der Waals surface area contributed by atoms with Crippen LogP contribution in [0.2, 0.25) is 0 Å². The van der Waals surface area contributed by atoms with E-state index in [9.17, 15) is 9.18 Å². The molecule has 1 aromatic carbocycles. The van der Waals surface area contributed by atoms with E-state index >= 15 is 0 Å². The molecule has 3 aromatic rings. The van der Waals surface area contributed by atoms with Gasteiger partial charge in [0.05, 0.1) is 10.2 Å². The van der Waals surface area contributed by atoms with Gasteiger partial charge < -0.3 is 9.47 Å². The third-order valence-corrected chi connectivity index (χ3v) is 4.59. The number of halogens is 1. The van der Waals surface area contributed by atoms with Gasteiger partial charge in [-0.25, -0.2) is 4.39 Å². The van der Waals surface area contributed by atoms with E-state index in [-0.39, 0.29) is 11.2 Å². The Morgan fingerprint density at radius 1 is 1.18 bits per heavy atom. The van der Waals surface area contributed by atoms with Crippen LogP contribution in [-0.2, 0) is 13.1 Å². The predicted octanol–water partition coefficient (Wildman–Crippen LogP) is 3.33. The normalized spacial score (nSPS) is 11.4. The summed E-state index contributed by atoms with van der Waals surface area (Å²) in [6.45, 7) is 2.43. The minimum absolute atomic E-state index is 0.0842. The Bertz CT molecular complexity index is 823. The van der Waals surface area contributed by atoms with E-state index in [0.717, 1.165) is 35.4 Å². The van der Waals surface area contributed by atoms with Gasteiger partial charge in [-0.1, -0.05) is 12.1 Å². The molecule has 3 rings (SSSR count). The first-order chi connectivity index (χ1) is 10.6. The molecule has 0 aliphatic heterocycles. The molecule has 0 N–H and O–H groups in total. The number of hydrogen-bond donors (Lipinski definition) is 0.